The topological polar surface area (TPSA) is 67.4 Å². The van der Waals surface area contributed by atoms with Crippen LogP contribution < -0.4 is 15.4 Å². The maximum absolute atomic E-state index is 12.3. The van der Waals surface area contributed by atoms with Gasteiger partial charge in [0.05, 0.1) is 17.9 Å². The second-order valence-corrected chi connectivity index (χ2v) is 7.34. The number of hydrogen-bond donors (Lipinski definition) is 2. The summed E-state index contributed by atoms with van der Waals surface area (Å²) in [7, 11) is 0. The molecule has 0 aromatic heterocycles. The molecule has 3 rings (SSSR count). The molecule has 0 bridgehead atoms. The van der Waals surface area contributed by atoms with Crippen molar-refractivity contribution in [2.45, 2.75) is 39.8 Å². The summed E-state index contributed by atoms with van der Waals surface area (Å²) >= 11 is 0. The Morgan fingerprint density at radius 1 is 1.07 bits per heavy atom. The molecule has 0 aliphatic heterocycles. The Morgan fingerprint density at radius 3 is 2.44 bits per heavy atom. The quantitative estimate of drug-likeness (QED) is 0.786. The molecule has 1 aliphatic carbocycles. The van der Waals surface area contributed by atoms with Crippen LogP contribution >= 0.6 is 0 Å². The molecule has 2 aromatic carbocycles. The van der Waals surface area contributed by atoms with Crippen LogP contribution in [0.5, 0.6) is 5.75 Å². The minimum Gasteiger partial charge on any atom is -0.491 e. The monoisotopic (exact) mass is 366 g/mol. The lowest BCUT2D eigenvalue weighted by atomic mass is 10.1. The van der Waals surface area contributed by atoms with E-state index >= 15 is 0 Å². The molecule has 1 saturated carbocycles. The van der Waals surface area contributed by atoms with Gasteiger partial charge in [0.25, 0.3) is 0 Å². The van der Waals surface area contributed by atoms with Crippen molar-refractivity contribution in [1.82, 2.24) is 5.32 Å². The van der Waals surface area contributed by atoms with Crippen LogP contribution in [-0.2, 0) is 16.1 Å². The number of nitrogens with one attached hydrogen (secondary N) is 2. The Labute approximate surface area is 160 Å². The number of rotatable bonds is 7. The molecular weight excluding hydrogens is 340 g/mol. The Balaban J connectivity index is 1.46. The summed E-state index contributed by atoms with van der Waals surface area (Å²) in [4.78, 5) is 24.6. The normalized spacial score (nSPS) is 18.1. The third kappa shape index (κ3) is 5.33. The number of carbonyl (C=O) groups is 2. The summed E-state index contributed by atoms with van der Waals surface area (Å²) in [5, 5.41) is 5.80. The van der Waals surface area contributed by atoms with Gasteiger partial charge in [0, 0.05) is 12.2 Å². The zero-order valence-corrected chi connectivity index (χ0v) is 16.0. The van der Waals surface area contributed by atoms with Gasteiger partial charge in [-0.3, -0.25) is 9.59 Å². The summed E-state index contributed by atoms with van der Waals surface area (Å²) in [5.74, 6) is 0.107. The van der Waals surface area contributed by atoms with Crippen LogP contribution in [0, 0.1) is 18.8 Å². The number of amides is 2. The lowest BCUT2D eigenvalue weighted by Crippen LogP contribution is -2.27. The fraction of sp³-hybridized carbons (Fsp3) is 0.364. The van der Waals surface area contributed by atoms with E-state index in [4.69, 9.17) is 4.74 Å². The fourth-order valence-electron chi connectivity index (χ4n) is 3.04. The summed E-state index contributed by atoms with van der Waals surface area (Å²) in [6, 6.07) is 15.3. The van der Waals surface area contributed by atoms with E-state index in [1.807, 2.05) is 69.3 Å². The lowest BCUT2D eigenvalue weighted by Gasteiger charge is -2.10. The number of aryl methyl sites for hydroxylation is 1. The van der Waals surface area contributed by atoms with E-state index in [0.717, 1.165) is 16.9 Å². The molecule has 2 atom stereocenters. The average molecular weight is 366 g/mol. The smallest absolute Gasteiger partial charge is 0.228 e. The van der Waals surface area contributed by atoms with Crippen molar-refractivity contribution in [3.05, 3.63) is 59.7 Å². The third-order valence-corrected chi connectivity index (χ3v) is 4.51. The van der Waals surface area contributed by atoms with E-state index in [0.29, 0.717) is 18.7 Å². The Bertz CT molecular complexity index is 815. The van der Waals surface area contributed by atoms with Gasteiger partial charge in [-0.2, -0.15) is 0 Å². The zero-order chi connectivity index (χ0) is 19.4. The number of anilines is 1. The largest absolute Gasteiger partial charge is 0.491 e. The van der Waals surface area contributed by atoms with Gasteiger partial charge < -0.3 is 15.4 Å². The van der Waals surface area contributed by atoms with Gasteiger partial charge in [0.15, 0.2) is 0 Å². The zero-order valence-electron chi connectivity index (χ0n) is 16.0. The third-order valence-electron chi connectivity index (χ3n) is 4.51. The van der Waals surface area contributed by atoms with Crippen molar-refractivity contribution in [2.24, 2.45) is 11.8 Å². The van der Waals surface area contributed by atoms with Crippen LogP contribution in [0.2, 0.25) is 0 Å². The van der Waals surface area contributed by atoms with E-state index in [9.17, 15) is 9.59 Å². The summed E-state index contributed by atoms with van der Waals surface area (Å²) in [6.45, 7) is 6.44. The molecule has 1 fully saturated rings. The highest BCUT2D eigenvalue weighted by Gasteiger charge is 2.47. The van der Waals surface area contributed by atoms with Gasteiger partial charge in [-0.25, -0.2) is 0 Å². The number of benzene rings is 2. The molecular formula is C22H26N2O3. The highest BCUT2D eigenvalue weighted by atomic mass is 16.5. The van der Waals surface area contributed by atoms with Crippen molar-refractivity contribution >= 4 is 17.5 Å². The molecule has 2 N–H and O–H groups in total. The predicted octanol–water partition coefficient (Wildman–Crippen LogP) is 3.67. The Morgan fingerprint density at radius 2 is 1.78 bits per heavy atom. The van der Waals surface area contributed by atoms with E-state index in [1.165, 1.54) is 0 Å². The van der Waals surface area contributed by atoms with Crippen molar-refractivity contribution < 1.29 is 14.3 Å². The van der Waals surface area contributed by atoms with Crippen LogP contribution in [0.15, 0.2) is 48.5 Å². The van der Waals surface area contributed by atoms with Crippen molar-refractivity contribution in [3.8, 4) is 5.75 Å². The molecule has 142 valence electrons. The van der Waals surface area contributed by atoms with Crippen molar-refractivity contribution in [3.63, 3.8) is 0 Å². The molecule has 0 spiro atoms. The van der Waals surface area contributed by atoms with Crippen LogP contribution in [0.3, 0.4) is 0 Å². The van der Waals surface area contributed by atoms with E-state index in [1.54, 1.807) is 0 Å². The molecule has 0 saturated heterocycles. The molecule has 5 nitrogen and oxygen atoms in total. The first kappa shape index (κ1) is 19.0. The van der Waals surface area contributed by atoms with Crippen molar-refractivity contribution in [1.29, 1.82) is 0 Å². The van der Waals surface area contributed by atoms with Gasteiger partial charge in [-0.15, -0.1) is 0 Å². The average Bonchev–Trinajstić information content (AvgIpc) is 3.42. The second-order valence-electron chi connectivity index (χ2n) is 7.34. The highest BCUT2D eigenvalue weighted by Crippen LogP contribution is 2.39. The van der Waals surface area contributed by atoms with Crippen LogP contribution in [0.25, 0.3) is 0 Å². The first-order valence-electron chi connectivity index (χ1n) is 9.33. The van der Waals surface area contributed by atoms with Gasteiger partial charge in [-0.1, -0.05) is 29.8 Å². The van der Waals surface area contributed by atoms with E-state index in [-0.39, 0.29) is 29.8 Å². The molecule has 27 heavy (non-hydrogen) atoms. The predicted molar refractivity (Wildman–Crippen MR) is 105 cm³/mol. The minimum atomic E-state index is -0.255. The number of ether oxygens (including phenoxy) is 1. The SMILES string of the molecule is Cc1cccc(CNC(=O)C2CC2C(=O)Nc2ccc(OC(C)C)cc2)c1. The van der Waals surface area contributed by atoms with E-state index in [2.05, 4.69) is 10.6 Å². The molecule has 1 aliphatic rings. The number of hydrogen-bond acceptors (Lipinski definition) is 3. The maximum atomic E-state index is 12.3. The lowest BCUT2D eigenvalue weighted by molar-refractivity contribution is -0.125. The summed E-state index contributed by atoms with van der Waals surface area (Å²) in [5.41, 5.74) is 2.94. The van der Waals surface area contributed by atoms with Gasteiger partial charge in [0.1, 0.15) is 5.75 Å². The summed E-state index contributed by atoms with van der Waals surface area (Å²) < 4.78 is 5.59. The van der Waals surface area contributed by atoms with Crippen LogP contribution in [0.4, 0.5) is 5.69 Å². The molecule has 5 heteroatoms. The second kappa shape index (κ2) is 8.25. The molecule has 0 radical (unpaired) electrons. The standard InChI is InChI=1S/C22H26N2O3/c1-14(2)27-18-9-7-17(8-10-18)24-22(26)20-12-19(20)21(25)23-13-16-6-4-5-15(3)11-16/h4-11,14,19-20H,12-13H2,1-3H3,(H,23,25)(H,24,26). The fourth-order valence-corrected chi connectivity index (χ4v) is 3.04. The minimum absolute atomic E-state index is 0.0580. The molecule has 2 aromatic rings. The van der Waals surface area contributed by atoms with Gasteiger partial charge in [-0.05, 0) is 57.0 Å². The van der Waals surface area contributed by atoms with Crippen LogP contribution in [0.1, 0.15) is 31.4 Å². The number of carbonyl (C=O) groups excluding carboxylic acids is 2. The molecule has 0 heterocycles. The molecule has 2 unspecified atom stereocenters. The van der Waals surface area contributed by atoms with Crippen LogP contribution in [-0.4, -0.2) is 17.9 Å². The Kier molecular flexibility index (Phi) is 5.79. The highest BCUT2D eigenvalue weighted by molar-refractivity contribution is 5.99. The Hall–Kier alpha value is -2.82. The van der Waals surface area contributed by atoms with E-state index < -0.39 is 0 Å². The van der Waals surface area contributed by atoms with Gasteiger partial charge >= 0.3 is 0 Å². The maximum Gasteiger partial charge on any atom is 0.228 e. The van der Waals surface area contributed by atoms with Gasteiger partial charge in [0.2, 0.25) is 11.8 Å². The first-order valence-corrected chi connectivity index (χ1v) is 9.33. The summed E-state index contributed by atoms with van der Waals surface area (Å²) in [6.07, 6.45) is 0.705. The van der Waals surface area contributed by atoms with Crippen molar-refractivity contribution in [2.75, 3.05) is 5.32 Å². The first-order chi connectivity index (χ1) is 12.9. The molecule has 2 amide bonds.